The number of hydrogen-bond donors (Lipinski definition) is 1. The maximum atomic E-state index is 13.6. The smallest absolute Gasteiger partial charge is 0.126 e. The Hall–Kier alpha value is -0.890. The van der Waals surface area contributed by atoms with E-state index >= 15 is 0 Å². The minimum Gasteiger partial charge on any atom is -0.325 e. The van der Waals surface area contributed by atoms with Crippen LogP contribution >= 0.6 is 0 Å². The van der Waals surface area contributed by atoms with Crippen molar-refractivity contribution in [2.75, 3.05) is 0 Å². The van der Waals surface area contributed by atoms with Crippen molar-refractivity contribution in [1.29, 1.82) is 0 Å². The predicted molar refractivity (Wildman–Crippen MR) is 67.1 cm³/mol. The minimum atomic E-state index is -0.114. The maximum absolute atomic E-state index is 13.6. The largest absolute Gasteiger partial charge is 0.325 e. The van der Waals surface area contributed by atoms with E-state index in [1.807, 2.05) is 12.1 Å². The second-order valence-corrected chi connectivity index (χ2v) is 5.86. The molecule has 2 N–H and O–H groups in total. The number of nitrogens with two attached hydrogens (primary N) is 1. The van der Waals surface area contributed by atoms with Gasteiger partial charge in [-0.2, -0.15) is 0 Å². The van der Waals surface area contributed by atoms with E-state index in [1.54, 1.807) is 6.07 Å². The molecule has 0 spiro atoms. The van der Waals surface area contributed by atoms with Crippen molar-refractivity contribution < 1.29 is 4.39 Å². The lowest BCUT2D eigenvalue weighted by molar-refractivity contribution is 0.419. The van der Waals surface area contributed by atoms with Crippen LogP contribution in [0, 0.1) is 17.7 Å². The molecule has 1 aromatic carbocycles. The summed E-state index contributed by atoms with van der Waals surface area (Å²) in [6, 6.07) is 7.04. The lowest BCUT2D eigenvalue weighted by Crippen LogP contribution is -2.30. The fraction of sp³-hybridized carbons (Fsp3) is 0.600. The lowest BCUT2D eigenvalue weighted by Gasteiger charge is -2.16. The van der Waals surface area contributed by atoms with Gasteiger partial charge in [-0.05, 0) is 36.3 Å². The quantitative estimate of drug-likeness (QED) is 0.852. The molecule has 0 saturated heterocycles. The predicted octanol–water partition coefficient (Wildman–Crippen LogP) is 3.28. The van der Waals surface area contributed by atoms with Crippen LogP contribution in [-0.4, -0.2) is 5.54 Å². The molecule has 2 unspecified atom stereocenters. The number of halogens is 1. The Morgan fingerprint density at radius 1 is 1.24 bits per heavy atom. The standard InChI is InChI=1S/C15H20FN/c16-14-8-4-3-7-12(14)9-15(17)10-13(15)11-5-1-2-6-11/h3-4,7-8,11,13H,1-2,5-6,9-10,17H2. The highest BCUT2D eigenvalue weighted by atomic mass is 19.1. The molecular weight excluding hydrogens is 213 g/mol. The van der Waals surface area contributed by atoms with Gasteiger partial charge in [0.15, 0.2) is 0 Å². The molecule has 2 saturated carbocycles. The molecule has 17 heavy (non-hydrogen) atoms. The maximum Gasteiger partial charge on any atom is 0.126 e. The van der Waals surface area contributed by atoms with Crippen LogP contribution in [0.25, 0.3) is 0 Å². The highest BCUT2D eigenvalue weighted by Crippen LogP contribution is 2.53. The lowest BCUT2D eigenvalue weighted by atomic mass is 9.94. The van der Waals surface area contributed by atoms with Gasteiger partial charge in [-0.15, -0.1) is 0 Å². The van der Waals surface area contributed by atoms with E-state index in [9.17, 15) is 4.39 Å². The zero-order chi connectivity index (χ0) is 11.9. The molecule has 0 bridgehead atoms. The molecule has 0 heterocycles. The first-order valence-corrected chi connectivity index (χ1v) is 6.71. The van der Waals surface area contributed by atoms with Crippen molar-refractivity contribution >= 4 is 0 Å². The Kier molecular flexibility index (Phi) is 2.70. The van der Waals surface area contributed by atoms with E-state index in [2.05, 4.69) is 0 Å². The van der Waals surface area contributed by atoms with Crippen molar-refractivity contribution in [3.05, 3.63) is 35.6 Å². The van der Waals surface area contributed by atoms with Crippen molar-refractivity contribution in [3.63, 3.8) is 0 Å². The second-order valence-electron chi connectivity index (χ2n) is 5.86. The van der Waals surface area contributed by atoms with Crippen LogP contribution in [0.4, 0.5) is 4.39 Å². The normalized spacial score (nSPS) is 32.9. The average Bonchev–Trinajstić information content (AvgIpc) is 2.79. The van der Waals surface area contributed by atoms with Crippen LogP contribution in [0.3, 0.4) is 0 Å². The Morgan fingerprint density at radius 3 is 2.65 bits per heavy atom. The molecule has 0 aromatic heterocycles. The molecule has 2 heteroatoms. The molecule has 2 aliphatic rings. The third kappa shape index (κ3) is 2.11. The number of rotatable bonds is 3. The number of hydrogen-bond acceptors (Lipinski definition) is 1. The Labute approximate surface area is 102 Å². The first-order chi connectivity index (χ1) is 8.19. The summed E-state index contributed by atoms with van der Waals surface area (Å²) < 4.78 is 13.6. The molecule has 2 atom stereocenters. The van der Waals surface area contributed by atoms with E-state index in [4.69, 9.17) is 5.73 Å². The van der Waals surface area contributed by atoms with Crippen LogP contribution in [0.1, 0.15) is 37.7 Å². The fourth-order valence-electron chi connectivity index (χ4n) is 3.55. The monoisotopic (exact) mass is 233 g/mol. The van der Waals surface area contributed by atoms with Crippen LogP contribution in [0.15, 0.2) is 24.3 Å². The van der Waals surface area contributed by atoms with Gasteiger partial charge in [0.25, 0.3) is 0 Å². The van der Waals surface area contributed by atoms with Crippen molar-refractivity contribution in [2.45, 2.75) is 44.1 Å². The zero-order valence-corrected chi connectivity index (χ0v) is 10.2. The summed E-state index contributed by atoms with van der Waals surface area (Å²) in [5.41, 5.74) is 7.08. The van der Waals surface area contributed by atoms with Gasteiger partial charge in [0.05, 0.1) is 0 Å². The van der Waals surface area contributed by atoms with Crippen molar-refractivity contribution in [1.82, 2.24) is 0 Å². The van der Waals surface area contributed by atoms with Gasteiger partial charge < -0.3 is 5.73 Å². The third-order valence-electron chi connectivity index (χ3n) is 4.62. The second kappa shape index (κ2) is 4.09. The Morgan fingerprint density at radius 2 is 1.94 bits per heavy atom. The highest BCUT2D eigenvalue weighted by Gasteiger charge is 2.54. The van der Waals surface area contributed by atoms with Gasteiger partial charge in [-0.1, -0.05) is 43.9 Å². The summed E-state index contributed by atoms with van der Waals surface area (Å²) in [7, 11) is 0. The summed E-state index contributed by atoms with van der Waals surface area (Å²) in [5.74, 6) is 1.35. The van der Waals surface area contributed by atoms with E-state index < -0.39 is 0 Å². The highest BCUT2D eigenvalue weighted by molar-refractivity contribution is 5.24. The van der Waals surface area contributed by atoms with Gasteiger partial charge in [-0.25, -0.2) is 4.39 Å². The third-order valence-corrected chi connectivity index (χ3v) is 4.62. The average molecular weight is 233 g/mol. The molecule has 2 fully saturated rings. The van der Waals surface area contributed by atoms with Crippen molar-refractivity contribution in [2.24, 2.45) is 17.6 Å². The van der Waals surface area contributed by atoms with Gasteiger partial charge in [0.1, 0.15) is 5.82 Å². The fourth-order valence-corrected chi connectivity index (χ4v) is 3.55. The first kappa shape index (κ1) is 11.2. The van der Waals surface area contributed by atoms with Crippen LogP contribution < -0.4 is 5.73 Å². The van der Waals surface area contributed by atoms with Crippen LogP contribution in [0.2, 0.25) is 0 Å². The van der Waals surface area contributed by atoms with E-state index in [-0.39, 0.29) is 11.4 Å². The molecule has 2 aliphatic carbocycles. The first-order valence-electron chi connectivity index (χ1n) is 6.71. The molecule has 1 nitrogen and oxygen atoms in total. The summed E-state index contributed by atoms with van der Waals surface area (Å²) >= 11 is 0. The molecule has 3 rings (SSSR count). The molecule has 1 aromatic rings. The summed E-state index contributed by atoms with van der Waals surface area (Å²) in [6.45, 7) is 0. The van der Waals surface area contributed by atoms with E-state index in [0.29, 0.717) is 12.3 Å². The molecule has 92 valence electrons. The van der Waals surface area contributed by atoms with Gasteiger partial charge in [0, 0.05) is 5.54 Å². The summed E-state index contributed by atoms with van der Waals surface area (Å²) in [6.07, 6.45) is 7.18. The molecule has 0 radical (unpaired) electrons. The van der Waals surface area contributed by atoms with Gasteiger partial charge >= 0.3 is 0 Å². The van der Waals surface area contributed by atoms with Crippen LogP contribution in [-0.2, 0) is 6.42 Å². The number of benzene rings is 1. The molecular formula is C15H20FN. The summed E-state index contributed by atoms with van der Waals surface area (Å²) in [4.78, 5) is 0. The van der Waals surface area contributed by atoms with E-state index in [1.165, 1.54) is 31.7 Å². The molecule has 0 amide bonds. The topological polar surface area (TPSA) is 26.0 Å². The van der Waals surface area contributed by atoms with Gasteiger partial charge in [0.2, 0.25) is 0 Å². The Bertz CT molecular complexity index is 411. The van der Waals surface area contributed by atoms with Crippen molar-refractivity contribution in [3.8, 4) is 0 Å². The zero-order valence-electron chi connectivity index (χ0n) is 10.2. The summed E-state index contributed by atoms with van der Waals surface area (Å²) in [5, 5.41) is 0. The minimum absolute atomic E-state index is 0.102. The van der Waals surface area contributed by atoms with Crippen LogP contribution in [0.5, 0.6) is 0 Å². The Balaban J connectivity index is 1.68. The van der Waals surface area contributed by atoms with Gasteiger partial charge in [-0.3, -0.25) is 0 Å². The SMILES string of the molecule is NC1(Cc2ccccc2F)CC1C1CCCC1. The van der Waals surface area contributed by atoms with E-state index in [0.717, 1.165) is 17.9 Å². The molecule has 0 aliphatic heterocycles.